The molecule has 7 nitrogen and oxygen atoms in total. The van der Waals surface area contributed by atoms with E-state index in [4.69, 9.17) is 9.47 Å². The number of aliphatic hydroxyl groups excluding tert-OH is 1. The summed E-state index contributed by atoms with van der Waals surface area (Å²) in [5, 5.41) is 11.4. The fourth-order valence-electron chi connectivity index (χ4n) is 4.52. The molecule has 1 amide bonds. The summed E-state index contributed by atoms with van der Waals surface area (Å²) < 4.78 is 10.4. The molecule has 7 heteroatoms. The lowest BCUT2D eigenvalue weighted by molar-refractivity contribution is -0.132. The second kappa shape index (κ2) is 10.7. The van der Waals surface area contributed by atoms with E-state index in [0.29, 0.717) is 29.2 Å². The van der Waals surface area contributed by atoms with E-state index in [2.05, 4.69) is 0 Å². The average Bonchev–Trinajstić information content (AvgIpc) is 3.19. The van der Waals surface area contributed by atoms with Crippen molar-refractivity contribution in [2.75, 3.05) is 18.6 Å². The molecule has 1 heterocycles. The summed E-state index contributed by atoms with van der Waals surface area (Å²) in [5.41, 5.74) is 3.49. The number of ketones is 1. The van der Waals surface area contributed by atoms with Gasteiger partial charge in [-0.25, -0.2) is 4.79 Å². The lowest BCUT2D eigenvalue weighted by Crippen LogP contribution is -2.29. The maximum absolute atomic E-state index is 13.4. The summed E-state index contributed by atoms with van der Waals surface area (Å²) >= 11 is 0. The van der Waals surface area contributed by atoms with Gasteiger partial charge in [0.1, 0.15) is 11.5 Å². The maximum Gasteiger partial charge on any atom is 0.337 e. The van der Waals surface area contributed by atoms with E-state index < -0.39 is 23.7 Å². The van der Waals surface area contributed by atoms with Crippen LogP contribution in [0, 0.1) is 6.92 Å². The SMILES string of the molecule is CCOc1ccc(/C(O)=C2\C(=O)C(=O)N(c3cccc(C(=O)OC)c3)C2c2ccc(CC)cc2)cc1C. The normalized spacial score (nSPS) is 16.6. The molecule has 0 aromatic heterocycles. The van der Waals surface area contributed by atoms with Crippen molar-refractivity contribution in [3.63, 3.8) is 0 Å². The van der Waals surface area contributed by atoms with E-state index in [1.54, 1.807) is 36.4 Å². The van der Waals surface area contributed by atoms with E-state index >= 15 is 0 Å². The molecule has 0 spiro atoms. The molecular formula is C30H29NO6. The third kappa shape index (κ3) is 4.85. The Balaban J connectivity index is 1.91. The number of nitrogens with zero attached hydrogens (tertiary/aromatic N) is 1. The molecule has 3 aromatic rings. The van der Waals surface area contributed by atoms with Crippen molar-refractivity contribution in [3.8, 4) is 5.75 Å². The highest BCUT2D eigenvalue weighted by atomic mass is 16.5. The molecule has 1 N–H and O–H groups in total. The molecule has 4 rings (SSSR count). The largest absolute Gasteiger partial charge is 0.507 e. The van der Waals surface area contributed by atoms with Crippen molar-refractivity contribution < 1.29 is 29.0 Å². The zero-order chi connectivity index (χ0) is 26.7. The van der Waals surface area contributed by atoms with Crippen LogP contribution in [0.3, 0.4) is 0 Å². The molecule has 1 atom stereocenters. The first-order chi connectivity index (χ1) is 17.8. The van der Waals surface area contributed by atoms with Gasteiger partial charge < -0.3 is 14.6 Å². The number of aryl methyl sites for hydroxylation is 2. The van der Waals surface area contributed by atoms with Crippen molar-refractivity contribution in [2.45, 2.75) is 33.2 Å². The number of aliphatic hydroxyl groups is 1. The number of amides is 1. The van der Waals surface area contributed by atoms with Crippen molar-refractivity contribution in [2.24, 2.45) is 0 Å². The number of carbonyl (C=O) groups is 3. The number of Topliss-reactive ketones (excluding diaryl/α,β-unsaturated/α-hetero) is 1. The first kappa shape index (κ1) is 25.7. The van der Waals surface area contributed by atoms with Gasteiger partial charge in [-0.15, -0.1) is 0 Å². The van der Waals surface area contributed by atoms with Crippen LogP contribution in [0.15, 0.2) is 72.3 Å². The lowest BCUT2D eigenvalue weighted by atomic mass is 9.93. The Kier molecular flexibility index (Phi) is 7.43. The first-order valence-electron chi connectivity index (χ1n) is 12.1. The Hall–Kier alpha value is -4.39. The highest BCUT2D eigenvalue weighted by Crippen LogP contribution is 2.42. The Bertz CT molecular complexity index is 1390. The van der Waals surface area contributed by atoms with Crippen LogP contribution in [-0.4, -0.2) is 36.5 Å². The number of methoxy groups -OCH3 is 1. The van der Waals surface area contributed by atoms with Crippen LogP contribution < -0.4 is 9.64 Å². The van der Waals surface area contributed by atoms with Crippen molar-refractivity contribution in [1.82, 2.24) is 0 Å². The number of hydrogen-bond donors (Lipinski definition) is 1. The highest BCUT2D eigenvalue weighted by molar-refractivity contribution is 6.51. The smallest absolute Gasteiger partial charge is 0.337 e. The minimum absolute atomic E-state index is 0.0266. The molecule has 1 fully saturated rings. The molecule has 1 unspecified atom stereocenters. The van der Waals surface area contributed by atoms with Gasteiger partial charge in [-0.3, -0.25) is 14.5 Å². The van der Waals surface area contributed by atoms with E-state index in [9.17, 15) is 19.5 Å². The standard InChI is InChI=1S/C30H29NO6/c1-5-19-10-12-20(13-11-19)26-25(27(32)21-14-15-24(37-6-2)18(3)16-21)28(33)29(34)31(26)23-9-7-8-22(17-23)30(35)36-4/h7-17,26,32H,5-6H2,1-4H3/b27-25+. The molecule has 0 aliphatic carbocycles. The molecule has 37 heavy (non-hydrogen) atoms. The van der Waals surface area contributed by atoms with Gasteiger partial charge in [-0.2, -0.15) is 0 Å². The monoisotopic (exact) mass is 499 g/mol. The third-order valence-corrected chi connectivity index (χ3v) is 6.44. The van der Waals surface area contributed by atoms with E-state index in [1.165, 1.54) is 18.1 Å². The molecule has 1 aliphatic rings. The zero-order valence-corrected chi connectivity index (χ0v) is 21.3. The molecule has 3 aromatic carbocycles. The number of benzene rings is 3. The summed E-state index contributed by atoms with van der Waals surface area (Å²) in [5.74, 6) is -1.77. The predicted molar refractivity (Wildman–Crippen MR) is 141 cm³/mol. The third-order valence-electron chi connectivity index (χ3n) is 6.44. The summed E-state index contributed by atoms with van der Waals surface area (Å²) in [6.45, 7) is 6.26. The van der Waals surface area contributed by atoms with Crippen molar-refractivity contribution in [3.05, 3.63) is 100 Å². The summed E-state index contributed by atoms with van der Waals surface area (Å²) in [4.78, 5) is 40.3. The lowest BCUT2D eigenvalue weighted by Gasteiger charge is -2.26. The van der Waals surface area contributed by atoms with Gasteiger partial charge in [0.15, 0.2) is 0 Å². The minimum Gasteiger partial charge on any atom is -0.507 e. The van der Waals surface area contributed by atoms with Crippen LogP contribution in [0.25, 0.3) is 5.76 Å². The van der Waals surface area contributed by atoms with Crippen molar-refractivity contribution >= 4 is 29.1 Å². The molecule has 0 radical (unpaired) electrons. The summed E-state index contributed by atoms with van der Waals surface area (Å²) in [6.07, 6.45) is 0.826. The van der Waals surface area contributed by atoms with Crippen LogP contribution in [0.5, 0.6) is 5.75 Å². The highest BCUT2D eigenvalue weighted by Gasteiger charge is 2.47. The topological polar surface area (TPSA) is 93.1 Å². The minimum atomic E-state index is -0.898. The van der Waals surface area contributed by atoms with Crippen LogP contribution >= 0.6 is 0 Å². The summed E-state index contributed by atoms with van der Waals surface area (Å²) in [7, 11) is 1.27. The van der Waals surface area contributed by atoms with Crippen molar-refractivity contribution in [1.29, 1.82) is 0 Å². The van der Waals surface area contributed by atoms with Crippen LogP contribution in [0.2, 0.25) is 0 Å². The second-order valence-corrected chi connectivity index (χ2v) is 8.72. The maximum atomic E-state index is 13.4. The molecular weight excluding hydrogens is 470 g/mol. The van der Waals surface area contributed by atoms with Gasteiger partial charge in [-0.05, 0) is 73.4 Å². The van der Waals surface area contributed by atoms with Gasteiger partial charge >= 0.3 is 5.97 Å². The van der Waals surface area contributed by atoms with E-state index in [-0.39, 0.29) is 16.9 Å². The van der Waals surface area contributed by atoms with Gasteiger partial charge in [0, 0.05) is 11.3 Å². The molecule has 190 valence electrons. The molecule has 0 bridgehead atoms. The van der Waals surface area contributed by atoms with Crippen LogP contribution in [-0.2, 0) is 20.7 Å². The van der Waals surface area contributed by atoms with Gasteiger partial charge in [0.25, 0.3) is 11.7 Å². The number of carbonyl (C=O) groups excluding carboxylic acids is 3. The molecule has 1 saturated heterocycles. The molecule has 0 saturated carbocycles. The number of hydrogen-bond acceptors (Lipinski definition) is 6. The number of rotatable bonds is 7. The van der Waals surface area contributed by atoms with Gasteiger partial charge in [0.05, 0.1) is 30.9 Å². The van der Waals surface area contributed by atoms with Crippen LogP contribution in [0.4, 0.5) is 5.69 Å². The number of anilines is 1. The first-order valence-corrected chi connectivity index (χ1v) is 12.1. The fourth-order valence-corrected chi connectivity index (χ4v) is 4.52. The quantitative estimate of drug-likeness (QED) is 0.203. The summed E-state index contributed by atoms with van der Waals surface area (Å²) in [6, 6.07) is 18.1. The number of esters is 1. The van der Waals surface area contributed by atoms with E-state index in [1.807, 2.05) is 45.0 Å². The van der Waals surface area contributed by atoms with Gasteiger partial charge in [-0.1, -0.05) is 37.3 Å². The van der Waals surface area contributed by atoms with Crippen LogP contribution in [0.1, 0.15) is 52.5 Å². The Morgan fingerprint density at radius 1 is 0.973 bits per heavy atom. The fraction of sp³-hybridized carbons (Fsp3) is 0.233. The molecule has 1 aliphatic heterocycles. The zero-order valence-electron chi connectivity index (χ0n) is 21.3. The Morgan fingerprint density at radius 2 is 1.70 bits per heavy atom. The van der Waals surface area contributed by atoms with Gasteiger partial charge in [0.2, 0.25) is 0 Å². The predicted octanol–water partition coefficient (Wildman–Crippen LogP) is 5.37. The number of ether oxygens (including phenoxy) is 2. The average molecular weight is 500 g/mol. The van der Waals surface area contributed by atoms with E-state index in [0.717, 1.165) is 17.5 Å². The Labute approximate surface area is 215 Å². The second-order valence-electron chi connectivity index (χ2n) is 8.72. The Morgan fingerprint density at radius 3 is 2.32 bits per heavy atom.